The Morgan fingerprint density at radius 1 is 1.25 bits per heavy atom. The van der Waals surface area contributed by atoms with E-state index in [4.69, 9.17) is 4.74 Å². The minimum Gasteiger partial charge on any atom is -0.469 e. The topological polar surface area (TPSA) is 72.5 Å². The minimum absolute atomic E-state index is 0.108. The van der Waals surface area contributed by atoms with Crippen LogP contribution < -0.4 is 4.72 Å². The summed E-state index contributed by atoms with van der Waals surface area (Å²) in [5.41, 5.74) is 0. The van der Waals surface area contributed by atoms with Crippen molar-refractivity contribution in [2.75, 3.05) is 7.11 Å². The van der Waals surface area contributed by atoms with E-state index >= 15 is 0 Å². The fourth-order valence-corrected chi connectivity index (χ4v) is 3.51. The predicted octanol–water partition coefficient (Wildman–Crippen LogP) is 2.22. The molecule has 1 N–H and O–H groups in total. The summed E-state index contributed by atoms with van der Waals surface area (Å²) in [6.07, 6.45) is 5.42. The second-order valence-electron chi connectivity index (χ2n) is 6.52. The maximum Gasteiger partial charge on any atom is 0.307 e. The molecule has 0 bridgehead atoms. The smallest absolute Gasteiger partial charge is 0.307 e. The number of carbonyl (C=O) groups is 1. The first-order chi connectivity index (χ1) is 9.17. The van der Waals surface area contributed by atoms with Crippen LogP contribution in [0.5, 0.6) is 0 Å². The largest absolute Gasteiger partial charge is 0.469 e. The highest BCUT2D eigenvalue weighted by atomic mass is 32.2. The summed E-state index contributed by atoms with van der Waals surface area (Å²) in [6, 6.07) is -0.355. The van der Waals surface area contributed by atoms with Crippen molar-refractivity contribution in [1.82, 2.24) is 4.72 Å². The Kier molecular flexibility index (Phi) is 6.01. The molecule has 0 amide bonds. The van der Waals surface area contributed by atoms with E-state index in [0.717, 1.165) is 25.7 Å². The van der Waals surface area contributed by atoms with Crippen molar-refractivity contribution in [2.45, 2.75) is 70.1 Å². The highest BCUT2D eigenvalue weighted by molar-refractivity contribution is 7.90. The molecule has 0 saturated heterocycles. The van der Waals surface area contributed by atoms with Gasteiger partial charge in [-0.15, -0.1) is 0 Å². The van der Waals surface area contributed by atoms with Crippen LogP contribution in [-0.2, 0) is 19.6 Å². The molecule has 0 aliphatic heterocycles. The van der Waals surface area contributed by atoms with Crippen LogP contribution in [0, 0.1) is 5.92 Å². The van der Waals surface area contributed by atoms with E-state index < -0.39 is 14.8 Å². The second kappa shape index (κ2) is 6.89. The zero-order valence-electron chi connectivity index (χ0n) is 12.9. The van der Waals surface area contributed by atoms with E-state index in [-0.39, 0.29) is 24.3 Å². The van der Waals surface area contributed by atoms with Gasteiger partial charge in [0.15, 0.2) is 0 Å². The Labute approximate surface area is 122 Å². The highest BCUT2D eigenvalue weighted by Gasteiger charge is 2.35. The molecule has 1 rings (SSSR count). The van der Waals surface area contributed by atoms with Crippen LogP contribution in [0.3, 0.4) is 0 Å². The molecule has 0 aromatic heterocycles. The van der Waals surface area contributed by atoms with Gasteiger partial charge in [-0.25, -0.2) is 13.1 Å². The summed E-state index contributed by atoms with van der Waals surface area (Å²) >= 11 is 0. The van der Waals surface area contributed by atoms with Gasteiger partial charge in [0, 0.05) is 6.04 Å². The number of hydrogen-bond acceptors (Lipinski definition) is 4. The van der Waals surface area contributed by atoms with Crippen LogP contribution >= 0.6 is 0 Å². The van der Waals surface area contributed by atoms with Gasteiger partial charge >= 0.3 is 5.97 Å². The van der Waals surface area contributed by atoms with E-state index in [2.05, 4.69) is 4.72 Å². The third kappa shape index (κ3) is 4.74. The molecular weight excluding hydrogens is 278 g/mol. The van der Waals surface area contributed by atoms with Crippen molar-refractivity contribution >= 4 is 16.0 Å². The van der Waals surface area contributed by atoms with Gasteiger partial charge in [0.1, 0.15) is 0 Å². The van der Waals surface area contributed by atoms with Crippen molar-refractivity contribution in [1.29, 1.82) is 0 Å². The molecule has 0 radical (unpaired) electrons. The number of rotatable bonds is 5. The molecular formula is C14H27NO4S. The van der Waals surface area contributed by atoms with E-state index in [1.165, 1.54) is 13.5 Å². The van der Waals surface area contributed by atoms with Crippen LogP contribution in [-0.4, -0.2) is 32.3 Å². The monoisotopic (exact) mass is 305 g/mol. The lowest BCUT2D eigenvalue weighted by atomic mass is 9.83. The van der Waals surface area contributed by atoms with Crippen LogP contribution in [0.25, 0.3) is 0 Å². The quantitative estimate of drug-likeness (QED) is 0.790. The van der Waals surface area contributed by atoms with Gasteiger partial charge in [0.05, 0.1) is 18.3 Å². The summed E-state index contributed by atoms with van der Waals surface area (Å²) < 4.78 is 31.2. The van der Waals surface area contributed by atoms with Crippen molar-refractivity contribution < 1.29 is 17.9 Å². The Morgan fingerprint density at radius 2 is 1.80 bits per heavy atom. The second-order valence-corrected chi connectivity index (χ2v) is 8.99. The zero-order valence-corrected chi connectivity index (χ0v) is 13.8. The fourth-order valence-electron chi connectivity index (χ4n) is 2.48. The first-order valence-corrected chi connectivity index (χ1v) is 8.74. The molecule has 0 spiro atoms. The predicted molar refractivity (Wildman–Crippen MR) is 78.8 cm³/mol. The first-order valence-electron chi connectivity index (χ1n) is 7.26. The Hall–Kier alpha value is -0.620. The number of carbonyl (C=O) groups excluding carboxylic acids is 1. The summed E-state index contributed by atoms with van der Waals surface area (Å²) in [5, 5.41) is 0. The van der Waals surface area contributed by atoms with Crippen LogP contribution in [0.15, 0.2) is 0 Å². The van der Waals surface area contributed by atoms with E-state index in [0.29, 0.717) is 0 Å². The van der Waals surface area contributed by atoms with Crippen LogP contribution in [0.2, 0.25) is 0 Å². The van der Waals surface area contributed by atoms with Crippen LogP contribution in [0.1, 0.15) is 59.3 Å². The average Bonchev–Trinajstić information content (AvgIpc) is 2.37. The maximum atomic E-state index is 12.3. The molecule has 1 atom stereocenters. The zero-order chi connectivity index (χ0) is 15.4. The minimum atomic E-state index is -3.46. The van der Waals surface area contributed by atoms with Crippen LogP contribution in [0.4, 0.5) is 0 Å². The lowest BCUT2D eigenvalue weighted by Crippen LogP contribution is -2.48. The van der Waals surface area contributed by atoms with E-state index in [1.807, 2.05) is 0 Å². The summed E-state index contributed by atoms with van der Waals surface area (Å²) in [5.74, 6) is -0.142. The molecule has 20 heavy (non-hydrogen) atoms. The molecule has 118 valence electrons. The summed E-state index contributed by atoms with van der Waals surface area (Å²) in [4.78, 5) is 11.5. The van der Waals surface area contributed by atoms with Crippen molar-refractivity contribution in [3.8, 4) is 0 Å². The standard InChI is InChI=1S/C14H27NO4S/c1-14(2,3)20(17,18)15-12(10-13(16)19-4)11-8-6-5-7-9-11/h11-12,15H,5-10H2,1-4H3/t12-/m1/s1. The van der Waals surface area contributed by atoms with Gasteiger partial charge in [-0.05, 0) is 39.5 Å². The number of nitrogens with one attached hydrogen (secondary N) is 1. The Morgan fingerprint density at radius 3 is 2.25 bits per heavy atom. The Bertz CT molecular complexity index is 419. The lowest BCUT2D eigenvalue weighted by molar-refractivity contribution is -0.141. The molecule has 1 saturated carbocycles. The fraction of sp³-hybridized carbons (Fsp3) is 0.929. The van der Waals surface area contributed by atoms with Crippen molar-refractivity contribution in [2.24, 2.45) is 5.92 Å². The highest BCUT2D eigenvalue weighted by Crippen LogP contribution is 2.29. The normalized spacial score (nSPS) is 19.6. The van der Waals surface area contributed by atoms with Gasteiger partial charge in [-0.3, -0.25) is 4.79 Å². The van der Waals surface area contributed by atoms with E-state index in [9.17, 15) is 13.2 Å². The number of hydrogen-bond donors (Lipinski definition) is 1. The summed E-state index contributed by atoms with van der Waals surface area (Å²) in [7, 11) is -2.13. The maximum absolute atomic E-state index is 12.3. The van der Waals surface area contributed by atoms with Gasteiger partial charge in [-0.2, -0.15) is 0 Å². The molecule has 1 aliphatic carbocycles. The third-order valence-corrected chi connectivity index (χ3v) is 6.17. The third-order valence-electron chi connectivity index (χ3n) is 3.95. The van der Waals surface area contributed by atoms with Gasteiger partial charge < -0.3 is 4.74 Å². The molecule has 6 heteroatoms. The number of methoxy groups -OCH3 is 1. The number of ether oxygens (including phenoxy) is 1. The summed E-state index contributed by atoms with van der Waals surface area (Å²) in [6.45, 7) is 4.97. The Balaban J connectivity index is 2.84. The average molecular weight is 305 g/mol. The molecule has 5 nitrogen and oxygen atoms in total. The molecule has 0 heterocycles. The lowest BCUT2D eigenvalue weighted by Gasteiger charge is -2.32. The molecule has 0 aromatic carbocycles. The molecule has 1 fully saturated rings. The number of sulfonamides is 1. The van der Waals surface area contributed by atoms with Crippen molar-refractivity contribution in [3.05, 3.63) is 0 Å². The van der Waals surface area contributed by atoms with Gasteiger partial charge in [0.25, 0.3) is 0 Å². The van der Waals surface area contributed by atoms with E-state index in [1.54, 1.807) is 20.8 Å². The molecule has 0 aromatic rings. The van der Waals surface area contributed by atoms with Gasteiger partial charge in [-0.1, -0.05) is 19.3 Å². The number of esters is 1. The SMILES string of the molecule is COC(=O)C[C@@H](NS(=O)(=O)C(C)(C)C)C1CCCCC1. The van der Waals surface area contributed by atoms with Gasteiger partial charge in [0.2, 0.25) is 10.0 Å². The first kappa shape index (κ1) is 17.4. The molecule has 0 unspecified atom stereocenters. The molecule has 1 aliphatic rings. The van der Waals surface area contributed by atoms with Crippen molar-refractivity contribution in [3.63, 3.8) is 0 Å².